The molecule has 0 saturated heterocycles. The average Bonchev–Trinajstić information content (AvgIpc) is 2.91. The summed E-state index contributed by atoms with van der Waals surface area (Å²) >= 11 is 0. The van der Waals surface area contributed by atoms with Gasteiger partial charge in [-0.25, -0.2) is 0 Å². The molecule has 0 aliphatic heterocycles. The summed E-state index contributed by atoms with van der Waals surface area (Å²) in [7, 11) is 2.18. The lowest BCUT2D eigenvalue weighted by molar-refractivity contribution is 0.358. The normalized spacial score (nSPS) is 38.8. The summed E-state index contributed by atoms with van der Waals surface area (Å²) in [6.07, 6.45) is 8.61. The van der Waals surface area contributed by atoms with Crippen molar-refractivity contribution >= 4 is 0 Å². The summed E-state index contributed by atoms with van der Waals surface area (Å²) in [6.45, 7) is 0. The molecule has 20 heavy (non-hydrogen) atoms. The van der Waals surface area contributed by atoms with Gasteiger partial charge in [-0.1, -0.05) is 30.3 Å². The van der Waals surface area contributed by atoms with Crippen molar-refractivity contribution in [3.8, 4) is 0 Å². The molecule has 0 aromatic heterocycles. The summed E-state index contributed by atoms with van der Waals surface area (Å²) in [6, 6.07) is 11.8. The number of hydrogen-bond donors (Lipinski definition) is 1. The molecule has 0 spiro atoms. The standard InChI is InChI=1S/C19H27N/c1-20-16(9-5-8-13-6-3-2-4-7-13)19-17-14-10-11-15(12-14)18(17)19/h2-4,6-7,14-20H,5,8-12H2,1H3. The number of nitrogens with one attached hydrogen (secondary N) is 1. The summed E-state index contributed by atoms with van der Waals surface area (Å²) in [4.78, 5) is 0. The Bertz CT molecular complexity index is 438. The molecule has 0 radical (unpaired) electrons. The Morgan fingerprint density at radius 1 is 1.10 bits per heavy atom. The van der Waals surface area contributed by atoms with Gasteiger partial charge < -0.3 is 5.32 Å². The highest BCUT2D eigenvalue weighted by molar-refractivity contribution is 5.16. The first-order chi connectivity index (χ1) is 9.88. The number of aryl methyl sites for hydroxylation is 1. The van der Waals surface area contributed by atoms with Crippen LogP contribution in [0.2, 0.25) is 0 Å². The maximum Gasteiger partial charge on any atom is 0.00981 e. The molecule has 5 unspecified atom stereocenters. The first-order valence-corrected chi connectivity index (χ1v) is 8.59. The van der Waals surface area contributed by atoms with E-state index in [-0.39, 0.29) is 0 Å². The second-order valence-corrected chi connectivity index (χ2v) is 7.34. The van der Waals surface area contributed by atoms with Gasteiger partial charge in [0.2, 0.25) is 0 Å². The van der Waals surface area contributed by atoms with Gasteiger partial charge in [-0.2, -0.15) is 0 Å². The van der Waals surface area contributed by atoms with Crippen LogP contribution < -0.4 is 5.32 Å². The lowest BCUT2D eigenvalue weighted by atomic mass is 9.94. The van der Waals surface area contributed by atoms with Crippen LogP contribution in [0.15, 0.2) is 30.3 Å². The van der Waals surface area contributed by atoms with Crippen molar-refractivity contribution < 1.29 is 0 Å². The Labute approximate surface area is 123 Å². The van der Waals surface area contributed by atoms with Gasteiger partial charge in [0.15, 0.2) is 0 Å². The van der Waals surface area contributed by atoms with Gasteiger partial charge in [-0.05, 0) is 80.7 Å². The van der Waals surface area contributed by atoms with E-state index in [2.05, 4.69) is 42.7 Å². The Balaban J connectivity index is 1.30. The molecule has 3 aliphatic rings. The van der Waals surface area contributed by atoms with Gasteiger partial charge >= 0.3 is 0 Å². The van der Waals surface area contributed by atoms with Crippen molar-refractivity contribution in [2.75, 3.05) is 7.05 Å². The Hall–Kier alpha value is -0.820. The molecule has 0 amide bonds. The first kappa shape index (κ1) is 12.9. The highest BCUT2D eigenvalue weighted by Crippen LogP contribution is 2.70. The maximum absolute atomic E-state index is 3.65. The van der Waals surface area contributed by atoms with Crippen LogP contribution in [-0.2, 0) is 6.42 Å². The first-order valence-electron chi connectivity index (χ1n) is 8.59. The van der Waals surface area contributed by atoms with Crippen molar-refractivity contribution in [3.05, 3.63) is 35.9 Å². The molecular formula is C19H27N. The van der Waals surface area contributed by atoms with Gasteiger partial charge in [0.05, 0.1) is 0 Å². The number of benzene rings is 1. The molecule has 1 nitrogen and oxygen atoms in total. The zero-order valence-corrected chi connectivity index (χ0v) is 12.6. The number of fused-ring (bicyclic) bond motifs is 5. The predicted molar refractivity (Wildman–Crippen MR) is 83.5 cm³/mol. The molecule has 1 heteroatoms. The molecule has 108 valence electrons. The zero-order chi connectivity index (χ0) is 13.5. The summed E-state index contributed by atoms with van der Waals surface area (Å²) in [5, 5.41) is 3.65. The van der Waals surface area contributed by atoms with Gasteiger partial charge in [-0.15, -0.1) is 0 Å². The largest absolute Gasteiger partial charge is 0.317 e. The van der Waals surface area contributed by atoms with Crippen molar-refractivity contribution in [2.24, 2.45) is 29.6 Å². The van der Waals surface area contributed by atoms with Gasteiger partial charge in [0.25, 0.3) is 0 Å². The Morgan fingerprint density at radius 2 is 1.80 bits per heavy atom. The summed E-state index contributed by atoms with van der Waals surface area (Å²) in [5.74, 6) is 5.48. The van der Waals surface area contributed by atoms with Crippen LogP contribution in [0.25, 0.3) is 0 Å². The van der Waals surface area contributed by atoms with Crippen LogP contribution >= 0.6 is 0 Å². The molecular weight excluding hydrogens is 242 g/mol. The highest BCUT2D eigenvalue weighted by atomic mass is 14.9. The lowest BCUT2D eigenvalue weighted by Crippen LogP contribution is -2.30. The summed E-state index contributed by atoms with van der Waals surface area (Å²) < 4.78 is 0. The van der Waals surface area contributed by atoms with Gasteiger partial charge in [0, 0.05) is 6.04 Å². The van der Waals surface area contributed by atoms with Crippen LogP contribution in [0.3, 0.4) is 0 Å². The average molecular weight is 269 g/mol. The van der Waals surface area contributed by atoms with E-state index >= 15 is 0 Å². The van der Waals surface area contributed by atoms with E-state index < -0.39 is 0 Å². The molecule has 3 saturated carbocycles. The lowest BCUT2D eigenvalue weighted by Gasteiger charge is -2.20. The van der Waals surface area contributed by atoms with Crippen LogP contribution in [0.4, 0.5) is 0 Å². The fourth-order valence-electron chi connectivity index (χ4n) is 5.63. The minimum absolute atomic E-state index is 0.789. The van der Waals surface area contributed by atoms with Crippen molar-refractivity contribution in [1.29, 1.82) is 0 Å². The maximum atomic E-state index is 3.65. The van der Waals surface area contributed by atoms with Crippen LogP contribution in [-0.4, -0.2) is 13.1 Å². The second kappa shape index (κ2) is 5.18. The molecule has 1 N–H and O–H groups in total. The minimum atomic E-state index is 0.789. The van der Waals surface area contributed by atoms with Crippen molar-refractivity contribution in [1.82, 2.24) is 5.32 Å². The van der Waals surface area contributed by atoms with Gasteiger partial charge in [-0.3, -0.25) is 0 Å². The van der Waals surface area contributed by atoms with Crippen LogP contribution in [0, 0.1) is 29.6 Å². The molecule has 4 rings (SSSR count). The Kier molecular flexibility index (Phi) is 3.34. The van der Waals surface area contributed by atoms with Crippen molar-refractivity contribution in [2.45, 2.75) is 44.6 Å². The SMILES string of the molecule is CNC(CCCc1ccccc1)C1C2C3CCC(C3)C21. The monoisotopic (exact) mass is 269 g/mol. The topological polar surface area (TPSA) is 12.0 Å². The Morgan fingerprint density at radius 3 is 2.45 bits per heavy atom. The quantitative estimate of drug-likeness (QED) is 0.826. The molecule has 3 aliphatic carbocycles. The molecule has 1 aromatic carbocycles. The smallest absolute Gasteiger partial charge is 0.00981 e. The molecule has 3 fully saturated rings. The minimum Gasteiger partial charge on any atom is -0.317 e. The highest BCUT2D eigenvalue weighted by Gasteiger charge is 2.66. The van der Waals surface area contributed by atoms with E-state index in [0.717, 1.165) is 35.6 Å². The van der Waals surface area contributed by atoms with E-state index in [4.69, 9.17) is 0 Å². The van der Waals surface area contributed by atoms with Crippen molar-refractivity contribution in [3.63, 3.8) is 0 Å². The predicted octanol–water partition coefficient (Wildman–Crippen LogP) is 3.89. The van der Waals surface area contributed by atoms with E-state index in [1.165, 1.54) is 24.8 Å². The van der Waals surface area contributed by atoms with E-state index in [0.29, 0.717) is 0 Å². The molecule has 5 atom stereocenters. The van der Waals surface area contributed by atoms with Crippen LogP contribution in [0.5, 0.6) is 0 Å². The molecule has 2 bridgehead atoms. The fraction of sp³-hybridized carbons (Fsp3) is 0.684. The van der Waals surface area contributed by atoms with E-state index in [9.17, 15) is 0 Å². The summed E-state index contributed by atoms with van der Waals surface area (Å²) in [5.41, 5.74) is 1.50. The van der Waals surface area contributed by atoms with Crippen LogP contribution in [0.1, 0.15) is 37.7 Å². The third-order valence-corrected chi connectivity index (χ3v) is 6.45. The van der Waals surface area contributed by atoms with Gasteiger partial charge in [0.1, 0.15) is 0 Å². The molecule has 0 heterocycles. The number of rotatable bonds is 6. The third-order valence-electron chi connectivity index (χ3n) is 6.45. The zero-order valence-electron chi connectivity index (χ0n) is 12.6. The third kappa shape index (κ3) is 2.11. The second-order valence-electron chi connectivity index (χ2n) is 7.34. The number of hydrogen-bond acceptors (Lipinski definition) is 1. The fourth-order valence-corrected chi connectivity index (χ4v) is 5.63. The van der Waals surface area contributed by atoms with E-state index in [1.54, 1.807) is 19.3 Å². The molecule has 1 aromatic rings. The van der Waals surface area contributed by atoms with E-state index in [1.807, 2.05) is 0 Å².